The second kappa shape index (κ2) is 6.89. The van der Waals surface area contributed by atoms with Crippen molar-refractivity contribution in [3.05, 3.63) is 101 Å². The minimum atomic E-state index is -0.278. The third kappa shape index (κ3) is 3.01. The van der Waals surface area contributed by atoms with Crippen LogP contribution in [0.2, 0.25) is 0 Å². The quantitative estimate of drug-likeness (QED) is 0.446. The van der Waals surface area contributed by atoms with Gasteiger partial charge in [-0.15, -0.1) is 0 Å². The predicted molar refractivity (Wildman–Crippen MR) is 116 cm³/mol. The van der Waals surface area contributed by atoms with E-state index in [0.29, 0.717) is 11.5 Å². The Kier molecular flexibility index (Phi) is 4.20. The van der Waals surface area contributed by atoms with Crippen LogP contribution in [-0.4, -0.2) is 9.55 Å². The standard InChI is InChI=1S/C25H22FN3/c1-16(2)17-11-13-18(14-12-17)22-15-24(19-7-3-4-8-20(19)26)29-23-10-6-5-9-21(23)27-25(29)28-22/h3-16,24H,1-2H3,(H,27,28)/t24-/m0/s1. The molecule has 1 aromatic heterocycles. The number of rotatable bonds is 3. The highest BCUT2D eigenvalue weighted by Crippen LogP contribution is 2.37. The van der Waals surface area contributed by atoms with E-state index in [0.717, 1.165) is 28.2 Å². The fourth-order valence-electron chi connectivity index (χ4n) is 3.97. The van der Waals surface area contributed by atoms with Gasteiger partial charge in [-0.05, 0) is 41.3 Å². The molecule has 0 fully saturated rings. The Morgan fingerprint density at radius 3 is 2.41 bits per heavy atom. The van der Waals surface area contributed by atoms with Gasteiger partial charge in [-0.25, -0.2) is 9.37 Å². The molecule has 0 bridgehead atoms. The highest BCUT2D eigenvalue weighted by atomic mass is 19.1. The van der Waals surface area contributed by atoms with E-state index in [-0.39, 0.29) is 11.9 Å². The number of hydrogen-bond donors (Lipinski definition) is 1. The summed E-state index contributed by atoms with van der Waals surface area (Å²) in [4.78, 5) is 4.77. The molecule has 2 heterocycles. The van der Waals surface area contributed by atoms with Crippen LogP contribution in [0, 0.1) is 5.82 Å². The smallest absolute Gasteiger partial charge is 0.209 e. The fourth-order valence-corrected chi connectivity index (χ4v) is 3.97. The normalized spacial score (nSPS) is 15.9. The van der Waals surface area contributed by atoms with Gasteiger partial charge in [0.15, 0.2) is 0 Å². The molecule has 144 valence electrons. The lowest BCUT2D eigenvalue weighted by molar-refractivity contribution is 0.583. The number of nitrogens with zero attached hydrogens (tertiary/aromatic N) is 2. The molecule has 0 aliphatic carbocycles. The molecule has 4 aromatic rings. The van der Waals surface area contributed by atoms with Gasteiger partial charge in [0, 0.05) is 11.3 Å². The second-order valence-electron chi connectivity index (χ2n) is 7.74. The van der Waals surface area contributed by atoms with Crippen molar-refractivity contribution in [3.63, 3.8) is 0 Å². The number of aromatic nitrogens is 2. The van der Waals surface area contributed by atoms with Crippen LogP contribution in [-0.2, 0) is 0 Å². The maximum absolute atomic E-state index is 14.8. The van der Waals surface area contributed by atoms with Crippen molar-refractivity contribution in [1.82, 2.24) is 9.55 Å². The van der Waals surface area contributed by atoms with Gasteiger partial charge >= 0.3 is 0 Å². The van der Waals surface area contributed by atoms with Gasteiger partial charge in [-0.2, -0.15) is 0 Å². The number of allylic oxidation sites excluding steroid dienone is 1. The van der Waals surface area contributed by atoms with Crippen LogP contribution < -0.4 is 5.32 Å². The Morgan fingerprint density at radius 1 is 0.931 bits per heavy atom. The summed E-state index contributed by atoms with van der Waals surface area (Å²) in [6.45, 7) is 4.37. The molecule has 3 aromatic carbocycles. The average molecular weight is 383 g/mol. The highest BCUT2D eigenvalue weighted by Gasteiger charge is 2.26. The Bertz CT molecular complexity index is 1220. The van der Waals surface area contributed by atoms with Crippen molar-refractivity contribution in [2.45, 2.75) is 25.8 Å². The predicted octanol–water partition coefficient (Wildman–Crippen LogP) is 6.35. The number of benzene rings is 3. The highest BCUT2D eigenvalue weighted by molar-refractivity contribution is 5.85. The molecule has 1 atom stereocenters. The SMILES string of the molecule is CC(C)c1ccc(C2=C[C@@H](c3ccccc3F)n3c(nc4ccccc43)N2)cc1. The number of hydrogen-bond acceptors (Lipinski definition) is 2. The Labute approximate surface area is 169 Å². The first-order valence-electron chi connectivity index (χ1n) is 9.92. The maximum Gasteiger partial charge on any atom is 0.209 e. The van der Waals surface area contributed by atoms with Gasteiger partial charge in [0.1, 0.15) is 5.82 Å². The van der Waals surface area contributed by atoms with E-state index in [1.54, 1.807) is 6.07 Å². The fraction of sp³-hybridized carbons (Fsp3) is 0.160. The van der Waals surface area contributed by atoms with E-state index < -0.39 is 0 Å². The zero-order chi connectivity index (χ0) is 20.0. The van der Waals surface area contributed by atoms with Crippen LogP contribution in [0.1, 0.15) is 42.5 Å². The van der Waals surface area contributed by atoms with E-state index in [1.807, 2.05) is 36.4 Å². The third-order valence-electron chi connectivity index (χ3n) is 5.56. The van der Waals surface area contributed by atoms with Crippen molar-refractivity contribution < 1.29 is 4.39 Å². The molecule has 3 nitrogen and oxygen atoms in total. The van der Waals surface area contributed by atoms with Crippen LogP contribution in [0.3, 0.4) is 0 Å². The molecule has 1 aliphatic rings. The van der Waals surface area contributed by atoms with E-state index in [4.69, 9.17) is 4.98 Å². The van der Waals surface area contributed by atoms with Crippen LogP contribution in [0.15, 0.2) is 78.9 Å². The molecule has 1 aliphatic heterocycles. The summed E-state index contributed by atoms with van der Waals surface area (Å²) < 4.78 is 16.8. The van der Waals surface area contributed by atoms with Crippen molar-refractivity contribution in [2.24, 2.45) is 0 Å². The minimum Gasteiger partial charge on any atom is -0.325 e. The van der Waals surface area contributed by atoms with E-state index in [9.17, 15) is 4.39 Å². The Balaban J connectivity index is 1.68. The Hall–Kier alpha value is -3.40. The van der Waals surface area contributed by atoms with Gasteiger partial charge in [0.05, 0.1) is 17.1 Å². The molecule has 0 unspecified atom stereocenters. The summed E-state index contributed by atoms with van der Waals surface area (Å²) in [5.74, 6) is 0.992. The topological polar surface area (TPSA) is 29.9 Å². The maximum atomic E-state index is 14.8. The lowest BCUT2D eigenvalue weighted by Gasteiger charge is -2.27. The number of anilines is 1. The van der Waals surface area contributed by atoms with Crippen molar-refractivity contribution in [2.75, 3.05) is 5.32 Å². The monoisotopic (exact) mass is 383 g/mol. The van der Waals surface area contributed by atoms with Gasteiger partial charge < -0.3 is 5.32 Å². The molecular weight excluding hydrogens is 361 g/mol. The van der Waals surface area contributed by atoms with Gasteiger partial charge in [0.25, 0.3) is 0 Å². The lowest BCUT2D eigenvalue weighted by Crippen LogP contribution is -2.20. The molecule has 0 saturated carbocycles. The first-order valence-corrected chi connectivity index (χ1v) is 9.92. The van der Waals surface area contributed by atoms with Crippen LogP contribution in [0.4, 0.5) is 10.3 Å². The first kappa shape index (κ1) is 17.7. The zero-order valence-corrected chi connectivity index (χ0v) is 16.4. The molecule has 4 heteroatoms. The molecule has 0 radical (unpaired) electrons. The number of nitrogens with one attached hydrogen (secondary N) is 1. The van der Waals surface area contributed by atoms with Crippen molar-refractivity contribution >= 4 is 22.7 Å². The zero-order valence-electron chi connectivity index (χ0n) is 16.4. The van der Waals surface area contributed by atoms with Crippen LogP contribution >= 0.6 is 0 Å². The van der Waals surface area contributed by atoms with Gasteiger partial charge in [-0.3, -0.25) is 4.57 Å². The summed E-state index contributed by atoms with van der Waals surface area (Å²) >= 11 is 0. The van der Waals surface area contributed by atoms with E-state index in [1.165, 1.54) is 11.6 Å². The summed E-state index contributed by atoms with van der Waals surface area (Å²) in [5, 5.41) is 3.46. The van der Waals surface area contributed by atoms with Crippen molar-refractivity contribution in [3.8, 4) is 0 Å². The summed E-state index contributed by atoms with van der Waals surface area (Å²) in [6.07, 6.45) is 2.09. The number of imidazole rings is 1. The molecule has 1 N–H and O–H groups in total. The molecular formula is C25H22FN3. The third-order valence-corrected chi connectivity index (χ3v) is 5.56. The second-order valence-corrected chi connectivity index (χ2v) is 7.74. The lowest BCUT2D eigenvalue weighted by atomic mass is 9.98. The molecule has 0 spiro atoms. The first-order chi connectivity index (χ1) is 14.1. The molecule has 5 rings (SSSR count). The number of para-hydroxylation sites is 2. The largest absolute Gasteiger partial charge is 0.325 e. The average Bonchev–Trinajstić information content (AvgIpc) is 3.12. The Morgan fingerprint density at radius 2 is 1.66 bits per heavy atom. The van der Waals surface area contributed by atoms with E-state index >= 15 is 0 Å². The van der Waals surface area contributed by atoms with Crippen LogP contribution in [0.25, 0.3) is 16.7 Å². The van der Waals surface area contributed by atoms with Crippen LogP contribution in [0.5, 0.6) is 0 Å². The van der Waals surface area contributed by atoms with Gasteiger partial charge in [-0.1, -0.05) is 68.4 Å². The number of fused-ring (bicyclic) bond motifs is 3. The summed E-state index contributed by atoms with van der Waals surface area (Å²) in [7, 11) is 0. The van der Waals surface area contributed by atoms with Crippen molar-refractivity contribution in [1.29, 1.82) is 0 Å². The summed E-state index contributed by atoms with van der Waals surface area (Å²) in [6, 6.07) is 23.2. The van der Waals surface area contributed by atoms with Gasteiger partial charge in [0.2, 0.25) is 5.95 Å². The molecule has 0 saturated heterocycles. The summed E-state index contributed by atoms with van der Waals surface area (Å²) in [5.41, 5.74) is 5.80. The molecule has 29 heavy (non-hydrogen) atoms. The number of halogens is 1. The van der Waals surface area contributed by atoms with E-state index in [2.05, 4.69) is 54.1 Å². The molecule has 0 amide bonds. The minimum absolute atomic E-state index is 0.214.